The summed E-state index contributed by atoms with van der Waals surface area (Å²) in [7, 11) is 0. The van der Waals surface area contributed by atoms with E-state index in [2.05, 4.69) is 6.92 Å². The lowest BCUT2D eigenvalue weighted by Gasteiger charge is -2.12. The van der Waals surface area contributed by atoms with Crippen LogP contribution in [0.4, 0.5) is 10.5 Å². The van der Waals surface area contributed by atoms with Gasteiger partial charge in [-0.05, 0) is 30.7 Å². The molecule has 0 aliphatic rings. The third-order valence-electron chi connectivity index (χ3n) is 3.63. The SMILES string of the molecule is CCCCCCOC(=O)c1c(N)cccc1OC(=O)Oc1ccccc1. The highest BCUT2D eigenvalue weighted by molar-refractivity contribution is 5.98. The van der Waals surface area contributed by atoms with Gasteiger partial charge in [0.1, 0.15) is 11.3 Å². The number of unbranched alkanes of at least 4 members (excludes halogenated alkanes) is 3. The van der Waals surface area contributed by atoms with Crippen LogP contribution in [-0.4, -0.2) is 18.7 Å². The summed E-state index contributed by atoms with van der Waals surface area (Å²) in [5.41, 5.74) is 6.07. The fourth-order valence-corrected chi connectivity index (χ4v) is 2.31. The molecular formula is C20H23NO5. The molecule has 138 valence electrons. The Morgan fingerprint density at radius 1 is 0.923 bits per heavy atom. The van der Waals surface area contributed by atoms with Crippen molar-refractivity contribution in [2.75, 3.05) is 12.3 Å². The molecule has 0 amide bonds. The molecule has 2 N–H and O–H groups in total. The number of carbonyl (C=O) groups is 2. The number of para-hydroxylation sites is 1. The van der Waals surface area contributed by atoms with Gasteiger partial charge in [0.2, 0.25) is 0 Å². The van der Waals surface area contributed by atoms with E-state index in [1.807, 2.05) is 0 Å². The molecule has 0 bridgehead atoms. The molecule has 2 rings (SSSR count). The standard InChI is InChI=1S/C20H23NO5/c1-2-3-4-8-14-24-19(22)18-16(21)12-9-13-17(18)26-20(23)25-15-10-6-5-7-11-15/h5-7,9-13H,2-4,8,14,21H2,1H3. The van der Waals surface area contributed by atoms with E-state index in [-0.39, 0.29) is 17.0 Å². The minimum atomic E-state index is -0.959. The first-order chi connectivity index (χ1) is 12.6. The molecule has 0 spiro atoms. The van der Waals surface area contributed by atoms with E-state index < -0.39 is 12.1 Å². The van der Waals surface area contributed by atoms with Crippen molar-refractivity contribution in [3.8, 4) is 11.5 Å². The first-order valence-electron chi connectivity index (χ1n) is 8.62. The van der Waals surface area contributed by atoms with E-state index in [1.54, 1.807) is 42.5 Å². The Labute approximate surface area is 152 Å². The molecule has 2 aromatic carbocycles. The fourth-order valence-electron chi connectivity index (χ4n) is 2.31. The molecule has 2 aromatic rings. The van der Waals surface area contributed by atoms with E-state index in [0.717, 1.165) is 25.7 Å². The minimum Gasteiger partial charge on any atom is -0.462 e. The highest BCUT2D eigenvalue weighted by Crippen LogP contribution is 2.26. The van der Waals surface area contributed by atoms with E-state index >= 15 is 0 Å². The number of nitrogen functional groups attached to an aromatic ring is 1. The first kappa shape index (κ1) is 19.3. The second-order valence-electron chi connectivity index (χ2n) is 5.68. The maximum Gasteiger partial charge on any atom is 0.519 e. The highest BCUT2D eigenvalue weighted by atomic mass is 16.7. The normalized spacial score (nSPS) is 10.2. The van der Waals surface area contributed by atoms with Crippen LogP contribution in [0.3, 0.4) is 0 Å². The van der Waals surface area contributed by atoms with Crippen molar-refractivity contribution >= 4 is 17.8 Å². The third-order valence-corrected chi connectivity index (χ3v) is 3.63. The Balaban J connectivity index is 2.01. The molecule has 0 aliphatic carbocycles. The summed E-state index contributed by atoms with van der Waals surface area (Å²) < 4.78 is 15.5. The first-order valence-corrected chi connectivity index (χ1v) is 8.62. The molecule has 0 saturated heterocycles. The van der Waals surface area contributed by atoms with Gasteiger partial charge in [-0.3, -0.25) is 0 Å². The van der Waals surface area contributed by atoms with E-state index in [1.165, 1.54) is 6.07 Å². The predicted molar refractivity (Wildman–Crippen MR) is 98.4 cm³/mol. The van der Waals surface area contributed by atoms with Gasteiger partial charge in [0.25, 0.3) is 0 Å². The van der Waals surface area contributed by atoms with Crippen molar-refractivity contribution in [3.05, 3.63) is 54.1 Å². The van der Waals surface area contributed by atoms with Crippen LogP contribution in [0.5, 0.6) is 11.5 Å². The van der Waals surface area contributed by atoms with Crippen LogP contribution in [0.1, 0.15) is 43.0 Å². The van der Waals surface area contributed by atoms with Gasteiger partial charge in [-0.25, -0.2) is 9.59 Å². The highest BCUT2D eigenvalue weighted by Gasteiger charge is 2.20. The van der Waals surface area contributed by atoms with Crippen LogP contribution >= 0.6 is 0 Å². The second kappa shape index (κ2) is 10.1. The van der Waals surface area contributed by atoms with Gasteiger partial charge in [0, 0.05) is 5.69 Å². The number of esters is 1. The number of anilines is 1. The van der Waals surface area contributed by atoms with Crippen molar-refractivity contribution in [1.29, 1.82) is 0 Å². The number of hydrogen-bond donors (Lipinski definition) is 1. The molecule has 0 unspecified atom stereocenters. The van der Waals surface area contributed by atoms with Gasteiger partial charge in [-0.2, -0.15) is 0 Å². The fraction of sp³-hybridized carbons (Fsp3) is 0.300. The van der Waals surface area contributed by atoms with E-state index in [4.69, 9.17) is 19.9 Å². The van der Waals surface area contributed by atoms with Crippen molar-refractivity contribution in [3.63, 3.8) is 0 Å². The summed E-state index contributed by atoms with van der Waals surface area (Å²) in [6, 6.07) is 13.1. The summed E-state index contributed by atoms with van der Waals surface area (Å²) in [6.07, 6.45) is 2.99. The Morgan fingerprint density at radius 2 is 1.69 bits per heavy atom. The number of ether oxygens (including phenoxy) is 3. The lowest BCUT2D eigenvalue weighted by Crippen LogP contribution is -2.17. The van der Waals surface area contributed by atoms with Gasteiger partial charge >= 0.3 is 12.1 Å². The van der Waals surface area contributed by atoms with Gasteiger partial charge in [-0.15, -0.1) is 0 Å². The lowest BCUT2D eigenvalue weighted by molar-refractivity contribution is 0.0495. The summed E-state index contributed by atoms with van der Waals surface area (Å²) in [5.74, 6) is -0.284. The Hall–Kier alpha value is -3.02. The molecule has 0 aliphatic heterocycles. The van der Waals surface area contributed by atoms with Gasteiger partial charge in [0.15, 0.2) is 5.75 Å². The predicted octanol–water partition coefficient (Wildman–Crippen LogP) is 4.58. The summed E-state index contributed by atoms with van der Waals surface area (Å²) in [5, 5.41) is 0. The largest absolute Gasteiger partial charge is 0.519 e. The summed E-state index contributed by atoms with van der Waals surface area (Å²) in [4.78, 5) is 24.3. The molecular weight excluding hydrogens is 334 g/mol. The van der Waals surface area contributed by atoms with Gasteiger partial charge < -0.3 is 19.9 Å². The zero-order chi connectivity index (χ0) is 18.8. The maximum atomic E-state index is 12.3. The number of carbonyl (C=O) groups excluding carboxylic acids is 2. The molecule has 6 nitrogen and oxygen atoms in total. The molecule has 26 heavy (non-hydrogen) atoms. The average molecular weight is 357 g/mol. The molecule has 0 saturated carbocycles. The number of hydrogen-bond acceptors (Lipinski definition) is 6. The van der Waals surface area contributed by atoms with Crippen LogP contribution < -0.4 is 15.2 Å². The molecule has 0 atom stereocenters. The van der Waals surface area contributed by atoms with E-state index in [9.17, 15) is 9.59 Å². The zero-order valence-electron chi connectivity index (χ0n) is 14.8. The zero-order valence-corrected chi connectivity index (χ0v) is 14.8. The smallest absolute Gasteiger partial charge is 0.462 e. The number of nitrogens with two attached hydrogens (primary N) is 1. The van der Waals surface area contributed by atoms with E-state index in [0.29, 0.717) is 12.4 Å². The Kier molecular flexibility index (Phi) is 7.49. The van der Waals surface area contributed by atoms with Gasteiger partial charge in [-0.1, -0.05) is 50.5 Å². The monoisotopic (exact) mass is 357 g/mol. The molecule has 0 fully saturated rings. The van der Waals surface area contributed by atoms with Crippen molar-refractivity contribution in [2.45, 2.75) is 32.6 Å². The van der Waals surface area contributed by atoms with Crippen molar-refractivity contribution in [2.24, 2.45) is 0 Å². The van der Waals surface area contributed by atoms with Gasteiger partial charge in [0.05, 0.1) is 6.61 Å². The topological polar surface area (TPSA) is 87.9 Å². The van der Waals surface area contributed by atoms with Crippen molar-refractivity contribution < 1.29 is 23.8 Å². The molecule has 6 heteroatoms. The van der Waals surface area contributed by atoms with Crippen molar-refractivity contribution in [1.82, 2.24) is 0 Å². The average Bonchev–Trinajstić information content (AvgIpc) is 2.62. The lowest BCUT2D eigenvalue weighted by atomic mass is 10.1. The van der Waals surface area contributed by atoms with Crippen LogP contribution in [0.2, 0.25) is 0 Å². The molecule has 0 heterocycles. The number of rotatable bonds is 8. The maximum absolute atomic E-state index is 12.3. The molecule has 0 aromatic heterocycles. The summed E-state index contributed by atoms with van der Waals surface area (Å²) in [6.45, 7) is 2.40. The Morgan fingerprint density at radius 3 is 2.42 bits per heavy atom. The Bertz CT molecular complexity index is 730. The second-order valence-corrected chi connectivity index (χ2v) is 5.68. The quantitative estimate of drug-likeness (QED) is 0.322. The van der Waals surface area contributed by atoms with Crippen LogP contribution in [0, 0.1) is 0 Å². The van der Waals surface area contributed by atoms with Crippen LogP contribution in [0.25, 0.3) is 0 Å². The summed E-state index contributed by atoms with van der Waals surface area (Å²) >= 11 is 0. The van der Waals surface area contributed by atoms with Crippen LogP contribution in [0.15, 0.2) is 48.5 Å². The van der Waals surface area contributed by atoms with Crippen LogP contribution in [-0.2, 0) is 4.74 Å². The number of benzene rings is 2. The third kappa shape index (κ3) is 5.81. The minimum absolute atomic E-state index is 0.00416. The molecule has 0 radical (unpaired) electrons.